The van der Waals surface area contributed by atoms with E-state index < -0.39 is 5.09 Å². The van der Waals surface area contributed by atoms with Crippen molar-refractivity contribution in [3.05, 3.63) is 38.9 Å². The van der Waals surface area contributed by atoms with Crippen molar-refractivity contribution in [2.24, 2.45) is 0 Å². The first-order valence-corrected chi connectivity index (χ1v) is 5.14. The van der Waals surface area contributed by atoms with Gasteiger partial charge >= 0.3 is 0 Å². The van der Waals surface area contributed by atoms with Gasteiger partial charge in [-0.2, -0.15) is 0 Å². The second kappa shape index (κ2) is 6.66. The number of aryl methyl sites for hydroxylation is 1. The van der Waals surface area contributed by atoms with Gasteiger partial charge in [0.05, 0.1) is 0 Å². The summed E-state index contributed by atoms with van der Waals surface area (Å²) in [4.78, 5) is 8.36. The van der Waals surface area contributed by atoms with E-state index in [1.54, 1.807) is 0 Å². The molecule has 0 saturated carbocycles. The van der Waals surface area contributed by atoms with Crippen molar-refractivity contribution in [3.8, 4) is 0 Å². The number of benzene rings is 1. The van der Waals surface area contributed by atoms with Crippen molar-refractivity contribution in [2.45, 2.75) is 33.6 Å². The van der Waals surface area contributed by atoms with Crippen molar-refractivity contribution >= 4 is 5.69 Å². The Bertz CT molecular complexity index is 331. The molecule has 5 heteroatoms. The van der Waals surface area contributed by atoms with Crippen LogP contribution in [0.4, 0.5) is 5.69 Å². The second-order valence-electron chi connectivity index (χ2n) is 3.37. The molecule has 1 aromatic carbocycles. The zero-order valence-electron chi connectivity index (χ0n) is 9.86. The quantitative estimate of drug-likeness (QED) is 0.460. The van der Waals surface area contributed by atoms with Crippen molar-refractivity contribution in [1.82, 2.24) is 0 Å². The number of anilines is 1. The summed E-state index contributed by atoms with van der Waals surface area (Å²) in [7, 11) is 0. The molecule has 0 aromatic heterocycles. The van der Waals surface area contributed by atoms with Gasteiger partial charge in [0.25, 0.3) is 5.09 Å². The lowest BCUT2D eigenvalue weighted by atomic mass is 9.96. The van der Waals surface area contributed by atoms with Crippen molar-refractivity contribution in [2.75, 3.05) is 5.73 Å². The fourth-order valence-electron chi connectivity index (χ4n) is 1.74. The Kier molecular flexibility index (Phi) is 5.92. The molecule has 0 heterocycles. The van der Waals surface area contributed by atoms with E-state index in [2.05, 4.69) is 26.8 Å². The molecular formula is C11H18N2O3. The normalized spacial score (nSPS) is 9.19. The van der Waals surface area contributed by atoms with Crippen molar-refractivity contribution in [1.29, 1.82) is 0 Å². The van der Waals surface area contributed by atoms with Gasteiger partial charge in [-0.05, 0) is 42.5 Å². The summed E-state index contributed by atoms with van der Waals surface area (Å²) in [6.07, 6.45) is 2.12. The van der Waals surface area contributed by atoms with E-state index >= 15 is 0 Å². The molecule has 90 valence electrons. The molecule has 0 saturated heterocycles. The van der Waals surface area contributed by atoms with E-state index in [4.69, 9.17) is 21.1 Å². The molecule has 0 aliphatic carbocycles. The molecule has 0 unspecified atom stereocenters. The fourth-order valence-corrected chi connectivity index (χ4v) is 1.74. The van der Waals surface area contributed by atoms with Gasteiger partial charge in [-0.1, -0.05) is 19.9 Å². The van der Waals surface area contributed by atoms with E-state index in [-0.39, 0.29) is 0 Å². The number of nitrogens with zero attached hydrogens (tertiary/aromatic N) is 1. The van der Waals surface area contributed by atoms with Gasteiger partial charge in [-0.25, -0.2) is 0 Å². The topological polar surface area (TPSA) is 89.4 Å². The average molecular weight is 226 g/mol. The average Bonchev–Trinajstić information content (AvgIpc) is 2.20. The van der Waals surface area contributed by atoms with Crippen LogP contribution in [0.15, 0.2) is 12.1 Å². The maximum atomic E-state index is 8.36. The summed E-state index contributed by atoms with van der Waals surface area (Å²) >= 11 is 0. The van der Waals surface area contributed by atoms with Gasteiger partial charge in [0.2, 0.25) is 0 Å². The highest BCUT2D eigenvalue weighted by molar-refractivity contribution is 5.53. The third kappa shape index (κ3) is 4.16. The largest absolute Gasteiger partial charge is 0.398 e. The smallest absolute Gasteiger partial charge is 0.291 e. The van der Waals surface area contributed by atoms with Crippen LogP contribution in [-0.4, -0.2) is 10.3 Å². The lowest BCUT2D eigenvalue weighted by Gasteiger charge is -2.11. The van der Waals surface area contributed by atoms with Gasteiger partial charge in [-0.3, -0.25) is 0 Å². The Morgan fingerprint density at radius 3 is 2.06 bits per heavy atom. The summed E-state index contributed by atoms with van der Waals surface area (Å²) in [6.45, 7) is 6.49. The third-order valence-electron chi connectivity index (χ3n) is 2.41. The number of hydrogen-bond donors (Lipinski definition) is 2. The Hall–Kier alpha value is -1.78. The van der Waals surface area contributed by atoms with Crippen LogP contribution in [0, 0.1) is 17.0 Å². The first-order valence-electron chi connectivity index (χ1n) is 5.14. The molecular weight excluding hydrogens is 208 g/mol. The minimum Gasteiger partial charge on any atom is -0.398 e. The van der Waals surface area contributed by atoms with Crippen LogP contribution in [0.2, 0.25) is 0 Å². The van der Waals surface area contributed by atoms with Crippen molar-refractivity contribution in [3.63, 3.8) is 0 Å². The first kappa shape index (κ1) is 14.2. The first-order chi connectivity index (χ1) is 7.43. The van der Waals surface area contributed by atoms with Gasteiger partial charge < -0.3 is 10.9 Å². The number of nitrogens with two attached hydrogens (primary N) is 1. The molecule has 3 N–H and O–H groups in total. The zero-order valence-corrected chi connectivity index (χ0v) is 9.86. The summed E-state index contributed by atoms with van der Waals surface area (Å²) in [5.74, 6) is 0. The number of nitrogen functional groups attached to an aromatic ring is 1. The Balaban J connectivity index is 0.000000487. The SMILES string of the molecule is CCc1c(C)ccc(N)c1CC.O=[N+]([O-])O. The molecule has 0 spiro atoms. The predicted molar refractivity (Wildman–Crippen MR) is 63.1 cm³/mol. The monoisotopic (exact) mass is 226 g/mol. The van der Waals surface area contributed by atoms with Crippen LogP contribution in [0.5, 0.6) is 0 Å². The standard InChI is InChI=1S/C11H17N.HNO3/c1-4-9-8(3)6-7-11(12)10(9)5-2;2-1(3)4/h6-7H,4-5,12H2,1-3H3;(H,2,3,4). The minimum absolute atomic E-state index is 0.944. The highest BCUT2D eigenvalue weighted by atomic mass is 16.9. The third-order valence-corrected chi connectivity index (χ3v) is 2.41. The molecule has 0 atom stereocenters. The van der Waals surface area contributed by atoms with Crippen LogP contribution in [0.25, 0.3) is 0 Å². The molecule has 0 aliphatic rings. The summed E-state index contributed by atoms with van der Waals surface area (Å²) in [5.41, 5.74) is 10.9. The molecule has 16 heavy (non-hydrogen) atoms. The van der Waals surface area contributed by atoms with Crippen LogP contribution in [0.3, 0.4) is 0 Å². The van der Waals surface area contributed by atoms with Crippen LogP contribution in [-0.2, 0) is 12.8 Å². The molecule has 0 bridgehead atoms. The predicted octanol–water partition coefficient (Wildman–Crippen LogP) is 2.35. The lowest BCUT2D eigenvalue weighted by molar-refractivity contribution is -0.742. The molecule has 1 aromatic rings. The molecule has 0 radical (unpaired) electrons. The number of rotatable bonds is 2. The van der Waals surface area contributed by atoms with Gasteiger partial charge in [0.1, 0.15) is 0 Å². The Morgan fingerprint density at radius 1 is 1.31 bits per heavy atom. The van der Waals surface area contributed by atoms with E-state index in [1.165, 1.54) is 16.7 Å². The summed E-state index contributed by atoms with van der Waals surface area (Å²) in [5, 5.41) is 13.6. The molecule has 5 nitrogen and oxygen atoms in total. The summed E-state index contributed by atoms with van der Waals surface area (Å²) < 4.78 is 0. The Morgan fingerprint density at radius 2 is 1.75 bits per heavy atom. The van der Waals surface area contributed by atoms with Crippen LogP contribution >= 0.6 is 0 Å². The van der Waals surface area contributed by atoms with Crippen LogP contribution < -0.4 is 5.73 Å². The summed E-state index contributed by atoms with van der Waals surface area (Å²) in [6, 6.07) is 4.11. The van der Waals surface area contributed by atoms with Gasteiger partial charge in [-0.15, -0.1) is 10.1 Å². The molecule has 0 amide bonds. The van der Waals surface area contributed by atoms with Gasteiger partial charge in [0, 0.05) is 5.69 Å². The molecule has 0 fully saturated rings. The molecule has 1 rings (SSSR count). The van der Waals surface area contributed by atoms with E-state index in [9.17, 15) is 0 Å². The fraction of sp³-hybridized carbons (Fsp3) is 0.455. The van der Waals surface area contributed by atoms with Crippen LogP contribution in [0.1, 0.15) is 30.5 Å². The highest BCUT2D eigenvalue weighted by Crippen LogP contribution is 2.21. The zero-order chi connectivity index (χ0) is 12.7. The number of hydrogen-bond acceptors (Lipinski definition) is 3. The Labute approximate surface area is 95.0 Å². The maximum Gasteiger partial charge on any atom is 0.291 e. The minimum atomic E-state index is -1.50. The van der Waals surface area contributed by atoms with Crippen molar-refractivity contribution < 1.29 is 10.3 Å². The lowest BCUT2D eigenvalue weighted by Crippen LogP contribution is -2.00. The second-order valence-corrected chi connectivity index (χ2v) is 3.37. The van der Waals surface area contributed by atoms with Gasteiger partial charge in [0.15, 0.2) is 0 Å². The maximum absolute atomic E-state index is 8.36. The highest BCUT2D eigenvalue weighted by Gasteiger charge is 2.04. The van der Waals surface area contributed by atoms with E-state index in [0.717, 1.165) is 18.5 Å². The molecule has 0 aliphatic heterocycles. The van der Waals surface area contributed by atoms with E-state index in [1.807, 2.05) is 6.07 Å². The van der Waals surface area contributed by atoms with E-state index in [0.29, 0.717) is 0 Å².